The van der Waals surface area contributed by atoms with E-state index in [-0.39, 0.29) is 5.92 Å². The van der Waals surface area contributed by atoms with Gasteiger partial charge in [-0.2, -0.15) is 4.98 Å². The molecule has 4 heterocycles. The Morgan fingerprint density at radius 2 is 2.12 bits per heavy atom. The Bertz CT molecular complexity index is 1180. The molecule has 3 aromatic rings. The lowest BCUT2D eigenvalue weighted by Gasteiger charge is -2.30. The van der Waals surface area contributed by atoms with E-state index < -0.39 is 5.83 Å². The first-order valence-corrected chi connectivity index (χ1v) is 11.8. The summed E-state index contributed by atoms with van der Waals surface area (Å²) in [5.74, 6) is 0.926. The largest absolute Gasteiger partial charge is 0.470 e. The molecule has 33 heavy (non-hydrogen) atoms. The minimum absolute atomic E-state index is 0.247. The van der Waals surface area contributed by atoms with E-state index in [4.69, 9.17) is 9.26 Å². The molecule has 10 heteroatoms. The molecule has 0 atom stereocenters. The summed E-state index contributed by atoms with van der Waals surface area (Å²) in [6.45, 7) is 11.4. The first kappa shape index (κ1) is 23.0. The molecule has 1 aliphatic heterocycles. The Kier molecular flexibility index (Phi) is 7.12. The van der Waals surface area contributed by atoms with Gasteiger partial charge in [0.2, 0.25) is 0 Å². The summed E-state index contributed by atoms with van der Waals surface area (Å²) in [6.07, 6.45) is 4.68. The summed E-state index contributed by atoms with van der Waals surface area (Å²) < 4.78 is 25.6. The maximum atomic E-state index is 14.2. The predicted molar refractivity (Wildman–Crippen MR) is 129 cm³/mol. The molecule has 0 spiro atoms. The van der Waals surface area contributed by atoms with Gasteiger partial charge in [-0.1, -0.05) is 36.4 Å². The van der Waals surface area contributed by atoms with Gasteiger partial charge < -0.3 is 14.2 Å². The lowest BCUT2D eigenvalue weighted by Crippen LogP contribution is -2.35. The zero-order valence-electron chi connectivity index (χ0n) is 19.0. The maximum Gasteiger partial charge on any atom is 0.324 e. The molecule has 1 saturated heterocycles. The van der Waals surface area contributed by atoms with Crippen LogP contribution in [0.4, 0.5) is 10.4 Å². The first-order chi connectivity index (χ1) is 16.0. The standard InChI is InChI=1S/C23H27FN6O2S/c1-5-16(17(24)12-25-4)18-6-7-19-21(26-18)33-23(27-19)31-13-15-8-10-30(11-9-15)22-28-20(14(2)3)29-32-22/h5-7,12,14-15H,4,8-11,13H2,1-3H3/b16-5+,17-12+. The van der Waals surface area contributed by atoms with Crippen LogP contribution in [0.2, 0.25) is 0 Å². The van der Waals surface area contributed by atoms with Crippen molar-refractivity contribution < 1.29 is 13.7 Å². The molecule has 0 aromatic carbocycles. The third kappa shape index (κ3) is 5.27. The number of aromatic nitrogens is 4. The van der Waals surface area contributed by atoms with E-state index in [9.17, 15) is 4.39 Å². The SMILES string of the molecule is C=N/C=C(F)\C(=C/C)c1ccc2nc(OCC3CCN(c4nc(C(C)C)no4)CC3)sc2n1. The van der Waals surface area contributed by atoms with Crippen molar-refractivity contribution in [2.24, 2.45) is 10.9 Å². The number of anilines is 1. The topological polar surface area (TPSA) is 89.5 Å². The molecule has 0 amide bonds. The molecule has 174 valence electrons. The van der Waals surface area contributed by atoms with Crippen LogP contribution in [-0.2, 0) is 0 Å². The summed E-state index contributed by atoms with van der Waals surface area (Å²) in [4.78, 5) is 19.9. The van der Waals surface area contributed by atoms with Crippen molar-refractivity contribution in [1.29, 1.82) is 0 Å². The average Bonchev–Trinajstić information content (AvgIpc) is 3.46. The van der Waals surface area contributed by atoms with Crippen LogP contribution in [-0.4, -0.2) is 46.5 Å². The summed E-state index contributed by atoms with van der Waals surface area (Å²) in [5.41, 5.74) is 1.62. The van der Waals surface area contributed by atoms with Crippen molar-refractivity contribution in [2.45, 2.75) is 39.5 Å². The Labute approximate surface area is 195 Å². The van der Waals surface area contributed by atoms with Crippen LogP contribution < -0.4 is 9.64 Å². The lowest BCUT2D eigenvalue weighted by atomic mass is 9.98. The highest BCUT2D eigenvalue weighted by molar-refractivity contribution is 7.19. The molecular weight excluding hydrogens is 443 g/mol. The van der Waals surface area contributed by atoms with Crippen LogP contribution in [0, 0.1) is 5.92 Å². The smallest absolute Gasteiger partial charge is 0.324 e. The van der Waals surface area contributed by atoms with E-state index in [1.165, 1.54) is 11.3 Å². The van der Waals surface area contributed by atoms with Gasteiger partial charge in [0, 0.05) is 24.6 Å². The molecule has 0 saturated carbocycles. The number of piperidine rings is 1. The first-order valence-electron chi connectivity index (χ1n) is 11.0. The summed E-state index contributed by atoms with van der Waals surface area (Å²) >= 11 is 1.36. The van der Waals surface area contributed by atoms with Crippen molar-refractivity contribution in [2.75, 3.05) is 24.6 Å². The number of aliphatic imine (C=N–C) groups is 1. The van der Waals surface area contributed by atoms with Gasteiger partial charge in [0.05, 0.1) is 18.5 Å². The highest BCUT2D eigenvalue weighted by Crippen LogP contribution is 2.31. The van der Waals surface area contributed by atoms with Crippen LogP contribution in [0.5, 0.6) is 5.19 Å². The molecule has 0 radical (unpaired) electrons. The summed E-state index contributed by atoms with van der Waals surface area (Å²) in [7, 11) is 0. The number of hydrogen-bond donors (Lipinski definition) is 0. The second-order valence-electron chi connectivity index (χ2n) is 8.19. The molecule has 1 aliphatic rings. The van der Waals surface area contributed by atoms with Crippen LogP contribution in [0.1, 0.15) is 51.0 Å². The van der Waals surface area contributed by atoms with E-state index in [0.717, 1.165) is 43.5 Å². The third-order valence-electron chi connectivity index (χ3n) is 5.54. The van der Waals surface area contributed by atoms with Crippen LogP contribution >= 0.6 is 11.3 Å². The molecule has 1 fully saturated rings. The highest BCUT2D eigenvalue weighted by Gasteiger charge is 2.24. The fourth-order valence-electron chi connectivity index (χ4n) is 3.64. The zero-order valence-corrected chi connectivity index (χ0v) is 19.8. The van der Waals surface area contributed by atoms with Crippen molar-refractivity contribution in [3.63, 3.8) is 0 Å². The second kappa shape index (κ2) is 10.2. The minimum atomic E-state index is -0.479. The number of fused-ring (bicyclic) bond motifs is 1. The predicted octanol–water partition coefficient (Wildman–Crippen LogP) is 5.41. The summed E-state index contributed by atoms with van der Waals surface area (Å²) in [6, 6.07) is 4.17. The Hall–Kier alpha value is -3.14. The molecule has 8 nitrogen and oxygen atoms in total. The highest BCUT2D eigenvalue weighted by atomic mass is 32.1. The fourth-order valence-corrected chi connectivity index (χ4v) is 4.43. The van der Waals surface area contributed by atoms with Gasteiger partial charge in [-0.25, -0.2) is 14.4 Å². The fraction of sp³-hybridized carbons (Fsp3) is 0.435. The Morgan fingerprint density at radius 3 is 2.79 bits per heavy atom. The van der Waals surface area contributed by atoms with Crippen molar-refractivity contribution in [3.8, 4) is 5.19 Å². The second-order valence-corrected chi connectivity index (χ2v) is 9.13. The van der Waals surface area contributed by atoms with Crippen molar-refractivity contribution in [3.05, 3.63) is 41.8 Å². The minimum Gasteiger partial charge on any atom is -0.470 e. The monoisotopic (exact) mass is 470 g/mol. The average molecular weight is 471 g/mol. The molecule has 0 unspecified atom stereocenters. The number of nitrogens with zero attached hydrogens (tertiary/aromatic N) is 6. The number of allylic oxidation sites excluding steroid dienone is 3. The van der Waals surface area contributed by atoms with Crippen LogP contribution in [0.3, 0.4) is 0 Å². The Morgan fingerprint density at radius 1 is 1.33 bits per heavy atom. The number of pyridine rings is 1. The number of rotatable bonds is 8. The van der Waals surface area contributed by atoms with Gasteiger partial charge in [0.15, 0.2) is 5.82 Å². The van der Waals surface area contributed by atoms with E-state index in [1.54, 1.807) is 19.1 Å². The lowest BCUT2D eigenvalue weighted by molar-refractivity contribution is 0.219. The van der Waals surface area contributed by atoms with Gasteiger partial charge in [-0.3, -0.25) is 4.99 Å². The molecule has 0 bridgehead atoms. The van der Waals surface area contributed by atoms with Gasteiger partial charge in [-0.05, 0) is 44.5 Å². The van der Waals surface area contributed by atoms with E-state index in [2.05, 4.69) is 36.7 Å². The molecule has 4 rings (SSSR count). The zero-order chi connectivity index (χ0) is 23.4. The molecule has 0 N–H and O–H groups in total. The van der Waals surface area contributed by atoms with Crippen molar-refractivity contribution in [1.82, 2.24) is 20.1 Å². The van der Waals surface area contributed by atoms with E-state index >= 15 is 0 Å². The third-order valence-corrected chi connectivity index (χ3v) is 6.41. The maximum absolute atomic E-state index is 14.2. The summed E-state index contributed by atoms with van der Waals surface area (Å²) in [5, 5.41) is 4.62. The molecular formula is C23H27FN6O2S. The van der Waals surface area contributed by atoms with Gasteiger partial charge >= 0.3 is 6.01 Å². The number of thiazole rings is 1. The van der Waals surface area contributed by atoms with Gasteiger partial charge in [-0.15, -0.1) is 0 Å². The van der Waals surface area contributed by atoms with Crippen LogP contribution in [0.15, 0.2) is 39.8 Å². The normalized spacial score (nSPS) is 16.1. The van der Waals surface area contributed by atoms with Gasteiger partial charge in [0.25, 0.3) is 5.19 Å². The van der Waals surface area contributed by atoms with E-state index in [1.807, 2.05) is 19.9 Å². The van der Waals surface area contributed by atoms with Crippen LogP contribution in [0.25, 0.3) is 15.9 Å². The molecule has 3 aromatic heterocycles. The van der Waals surface area contributed by atoms with E-state index in [0.29, 0.717) is 39.8 Å². The quantitative estimate of drug-likeness (QED) is 0.321. The number of hydrogen-bond acceptors (Lipinski definition) is 9. The number of halogens is 1. The number of ether oxygens (including phenoxy) is 1. The van der Waals surface area contributed by atoms with Gasteiger partial charge in [0.1, 0.15) is 16.2 Å². The Balaban J connectivity index is 1.35. The van der Waals surface area contributed by atoms with Crippen molar-refractivity contribution >= 4 is 40.0 Å². The molecule has 0 aliphatic carbocycles.